The van der Waals surface area contributed by atoms with Crippen molar-refractivity contribution >= 4 is 29.1 Å². The molecule has 0 saturated carbocycles. The molecular formula is C30H28ClF4N3O2. The van der Waals surface area contributed by atoms with Gasteiger partial charge in [-0.2, -0.15) is 13.2 Å². The molecule has 2 heterocycles. The van der Waals surface area contributed by atoms with Gasteiger partial charge in [-0.15, -0.1) is 0 Å². The zero-order chi connectivity index (χ0) is 28.4. The van der Waals surface area contributed by atoms with Gasteiger partial charge in [-0.1, -0.05) is 41.9 Å². The largest absolute Gasteiger partial charge is 0.417 e. The van der Waals surface area contributed by atoms with E-state index < -0.39 is 23.5 Å². The van der Waals surface area contributed by atoms with Crippen LogP contribution in [0.3, 0.4) is 0 Å². The second-order valence-electron chi connectivity index (χ2n) is 10.3. The van der Waals surface area contributed by atoms with Crippen LogP contribution in [0.5, 0.6) is 0 Å². The first kappa shape index (κ1) is 28.0. The van der Waals surface area contributed by atoms with Gasteiger partial charge in [-0.3, -0.25) is 9.59 Å². The van der Waals surface area contributed by atoms with Gasteiger partial charge < -0.3 is 15.1 Å². The Morgan fingerprint density at radius 3 is 2.33 bits per heavy atom. The topological polar surface area (TPSA) is 52.7 Å². The van der Waals surface area contributed by atoms with Crippen LogP contribution in [0.2, 0.25) is 5.02 Å². The average molecular weight is 574 g/mol. The van der Waals surface area contributed by atoms with Gasteiger partial charge >= 0.3 is 6.18 Å². The highest BCUT2D eigenvalue weighted by Gasteiger charge is 2.42. The highest BCUT2D eigenvalue weighted by molar-refractivity contribution is 6.33. The maximum absolute atomic E-state index is 14.3. The SMILES string of the molecule is O=C(NCCCc1cccc(N2CC3CN(C(=O)c4c(F)cccc4Cl)C[C@@H]3C2)c1)c1ccccc1C(F)(F)F. The van der Waals surface area contributed by atoms with E-state index in [4.69, 9.17) is 11.6 Å². The molecular weight excluding hydrogens is 546 g/mol. The summed E-state index contributed by atoms with van der Waals surface area (Å²) in [6, 6.07) is 17.1. The van der Waals surface area contributed by atoms with Crippen LogP contribution in [0.1, 0.15) is 38.3 Å². The lowest BCUT2D eigenvalue weighted by Gasteiger charge is -2.24. The highest BCUT2D eigenvalue weighted by atomic mass is 35.5. The van der Waals surface area contributed by atoms with Gasteiger partial charge in [-0.05, 0) is 54.8 Å². The minimum atomic E-state index is -4.59. The summed E-state index contributed by atoms with van der Waals surface area (Å²) in [4.78, 5) is 29.3. The van der Waals surface area contributed by atoms with Crippen molar-refractivity contribution in [2.45, 2.75) is 19.0 Å². The number of rotatable bonds is 7. The molecule has 5 nitrogen and oxygen atoms in total. The van der Waals surface area contributed by atoms with Crippen LogP contribution < -0.4 is 10.2 Å². The summed E-state index contributed by atoms with van der Waals surface area (Å²) in [7, 11) is 0. The van der Waals surface area contributed by atoms with E-state index in [1.807, 2.05) is 18.2 Å². The molecule has 2 fully saturated rings. The van der Waals surface area contributed by atoms with E-state index in [9.17, 15) is 27.2 Å². The number of halogens is 5. The molecule has 0 radical (unpaired) electrons. The maximum atomic E-state index is 14.3. The number of fused-ring (bicyclic) bond motifs is 1. The molecule has 0 spiro atoms. The minimum Gasteiger partial charge on any atom is -0.371 e. The first-order chi connectivity index (χ1) is 19.1. The standard InChI is InChI=1S/C30H28ClF4N3O2/c31-25-11-4-12-26(32)27(25)29(40)38-17-20-15-37(16-21(20)18-38)22-8-3-6-19(14-22)7-5-13-36-28(39)23-9-1-2-10-24(23)30(33,34)35/h1-4,6,8-12,14,20-21H,5,7,13,15-18H2,(H,36,39)/t20-,21?/m0/s1. The lowest BCUT2D eigenvalue weighted by atomic mass is 10.0. The fourth-order valence-corrected chi connectivity index (χ4v) is 5.90. The van der Waals surface area contributed by atoms with Crippen molar-refractivity contribution in [1.29, 1.82) is 0 Å². The Kier molecular flexibility index (Phi) is 8.03. The quantitative estimate of drug-likeness (QED) is 0.276. The summed E-state index contributed by atoms with van der Waals surface area (Å²) < 4.78 is 53.8. The van der Waals surface area contributed by atoms with Gasteiger partial charge in [0.15, 0.2) is 0 Å². The first-order valence-electron chi connectivity index (χ1n) is 13.1. The zero-order valence-electron chi connectivity index (χ0n) is 21.6. The molecule has 40 heavy (non-hydrogen) atoms. The number of likely N-dealkylation sites (tertiary alicyclic amines) is 1. The van der Waals surface area contributed by atoms with E-state index in [2.05, 4.69) is 16.3 Å². The number of hydrogen-bond donors (Lipinski definition) is 1. The molecule has 2 aliphatic rings. The summed E-state index contributed by atoms with van der Waals surface area (Å²) in [6.07, 6.45) is -3.37. The predicted octanol–water partition coefficient (Wildman–Crippen LogP) is 6.07. The van der Waals surface area contributed by atoms with Crippen molar-refractivity contribution < 1.29 is 27.2 Å². The number of alkyl halides is 3. The summed E-state index contributed by atoms with van der Waals surface area (Å²) >= 11 is 6.10. The van der Waals surface area contributed by atoms with Crippen molar-refractivity contribution in [3.05, 3.63) is 99.8 Å². The zero-order valence-corrected chi connectivity index (χ0v) is 22.3. The Morgan fingerprint density at radius 1 is 0.925 bits per heavy atom. The Labute approximate surface area is 234 Å². The molecule has 3 aromatic carbocycles. The second-order valence-corrected chi connectivity index (χ2v) is 10.7. The van der Waals surface area contributed by atoms with Gasteiger partial charge in [-0.25, -0.2) is 4.39 Å². The van der Waals surface area contributed by atoms with E-state index in [-0.39, 0.29) is 40.4 Å². The molecule has 0 aliphatic carbocycles. The number of carbonyl (C=O) groups is 2. The third-order valence-electron chi connectivity index (χ3n) is 7.63. The smallest absolute Gasteiger partial charge is 0.371 e. The number of hydrogen-bond acceptors (Lipinski definition) is 3. The number of aryl methyl sites for hydroxylation is 1. The highest BCUT2D eigenvalue weighted by Crippen LogP contribution is 2.36. The van der Waals surface area contributed by atoms with Crippen molar-refractivity contribution in [3.63, 3.8) is 0 Å². The lowest BCUT2D eigenvalue weighted by molar-refractivity contribution is -0.137. The van der Waals surface area contributed by atoms with Gasteiger partial charge in [0.25, 0.3) is 11.8 Å². The van der Waals surface area contributed by atoms with Crippen molar-refractivity contribution in [3.8, 4) is 0 Å². The summed E-state index contributed by atoms with van der Waals surface area (Å²) in [5, 5.41) is 2.71. The fourth-order valence-electron chi connectivity index (χ4n) is 5.66. The second kappa shape index (κ2) is 11.5. The molecule has 1 N–H and O–H groups in total. The van der Waals surface area contributed by atoms with Crippen molar-refractivity contribution in [2.75, 3.05) is 37.6 Å². The number of carbonyl (C=O) groups excluding carboxylic acids is 2. The van der Waals surface area contributed by atoms with Crippen LogP contribution in [-0.2, 0) is 12.6 Å². The minimum absolute atomic E-state index is 0.0746. The Bertz CT molecular complexity index is 1380. The monoisotopic (exact) mass is 573 g/mol. The summed E-state index contributed by atoms with van der Waals surface area (Å²) in [6.45, 7) is 2.89. The number of benzene rings is 3. The van der Waals surface area contributed by atoms with Crippen LogP contribution in [0, 0.1) is 17.7 Å². The molecule has 3 aromatic rings. The number of amides is 2. The number of nitrogens with one attached hydrogen (secondary N) is 1. The summed E-state index contributed by atoms with van der Waals surface area (Å²) in [5.41, 5.74) is 0.720. The van der Waals surface area contributed by atoms with Crippen LogP contribution in [-0.4, -0.2) is 49.4 Å². The van der Waals surface area contributed by atoms with Gasteiger partial charge in [0.05, 0.1) is 21.7 Å². The molecule has 2 saturated heterocycles. The molecule has 10 heteroatoms. The predicted molar refractivity (Wildman–Crippen MR) is 145 cm³/mol. The van der Waals surface area contributed by atoms with E-state index >= 15 is 0 Å². The number of anilines is 1. The number of nitrogens with zero attached hydrogens (tertiary/aromatic N) is 2. The molecule has 0 bridgehead atoms. The fraction of sp³-hybridized carbons (Fsp3) is 0.333. The normalized spacial score (nSPS) is 18.6. The molecule has 2 atom stereocenters. The molecule has 210 valence electrons. The van der Waals surface area contributed by atoms with Crippen LogP contribution in [0.25, 0.3) is 0 Å². The van der Waals surface area contributed by atoms with E-state index in [0.29, 0.717) is 25.9 Å². The lowest BCUT2D eigenvalue weighted by Crippen LogP contribution is -2.34. The van der Waals surface area contributed by atoms with Crippen LogP contribution in [0.15, 0.2) is 66.7 Å². The average Bonchev–Trinajstić information content (AvgIpc) is 3.50. The van der Waals surface area contributed by atoms with E-state index in [1.54, 1.807) is 4.90 Å². The Morgan fingerprint density at radius 2 is 1.62 bits per heavy atom. The van der Waals surface area contributed by atoms with Crippen LogP contribution in [0.4, 0.5) is 23.2 Å². The van der Waals surface area contributed by atoms with Crippen LogP contribution >= 0.6 is 11.6 Å². The Balaban J connectivity index is 1.12. The Hall–Kier alpha value is -3.59. The molecule has 2 amide bonds. The molecule has 1 unspecified atom stereocenters. The van der Waals surface area contributed by atoms with E-state index in [1.165, 1.54) is 36.4 Å². The van der Waals surface area contributed by atoms with Gasteiger partial charge in [0, 0.05) is 50.2 Å². The summed E-state index contributed by atoms with van der Waals surface area (Å²) in [5.74, 6) is -1.19. The van der Waals surface area contributed by atoms with Crippen molar-refractivity contribution in [1.82, 2.24) is 10.2 Å². The van der Waals surface area contributed by atoms with E-state index in [0.717, 1.165) is 30.4 Å². The molecule has 2 aliphatic heterocycles. The third kappa shape index (κ3) is 5.94. The first-order valence-corrected chi connectivity index (χ1v) is 13.5. The molecule has 5 rings (SSSR count). The van der Waals surface area contributed by atoms with Gasteiger partial charge in [0.1, 0.15) is 5.82 Å². The van der Waals surface area contributed by atoms with Crippen molar-refractivity contribution in [2.24, 2.45) is 11.8 Å². The molecule has 0 aromatic heterocycles. The maximum Gasteiger partial charge on any atom is 0.417 e. The van der Waals surface area contributed by atoms with Gasteiger partial charge in [0.2, 0.25) is 0 Å². The third-order valence-corrected chi connectivity index (χ3v) is 7.95.